The van der Waals surface area contributed by atoms with Crippen LogP contribution in [0.5, 0.6) is 0 Å². The van der Waals surface area contributed by atoms with E-state index in [1.165, 1.54) is 5.57 Å². The van der Waals surface area contributed by atoms with Crippen LogP contribution < -0.4 is 0 Å². The molecule has 102 valence electrons. The van der Waals surface area contributed by atoms with Gasteiger partial charge in [-0.3, -0.25) is 0 Å². The standard InChI is InChI=1S/C15H25NO2/c1-6-16(7-2)15(17)18-14-10-13(11(3)4)9-8-12(14)5/h8,13-14H,3,6-7,9-10H2,1-2,4-5H3/t13-,14-/m1/s1. The van der Waals surface area contributed by atoms with Crippen molar-refractivity contribution in [2.45, 2.75) is 46.6 Å². The normalized spacial score (nSPS) is 23.2. The Kier molecular flexibility index (Phi) is 5.45. The second-order valence-corrected chi connectivity index (χ2v) is 5.01. The maximum absolute atomic E-state index is 11.9. The van der Waals surface area contributed by atoms with Gasteiger partial charge in [0.25, 0.3) is 0 Å². The molecule has 0 saturated heterocycles. The Bertz CT molecular complexity index is 342. The molecule has 0 fully saturated rings. The van der Waals surface area contributed by atoms with E-state index in [1.807, 2.05) is 27.7 Å². The minimum Gasteiger partial charge on any atom is -0.442 e. The van der Waals surface area contributed by atoms with Crippen LogP contribution >= 0.6 is 0 Å². The monoisotopic (exact) mass is 251 g/mol. The number of carbonyl (C=O) groups is 1. The molecule has 0 aliphatic heterocycles. The third-order valence-corrected chi connectivity index (χ3v) is 3.69. The van der Waals surface area contributed by atoms with E-state index < -0.39 is 0 Å². The highest BCUT2D eigenvalue weighted by molar-refractivity contribution is 5.68. The molecular formula is C15H25NO2. The molecule has 0 aromatic heterocycles. The molecule has 1 rings (SSSR count). The molecule has 0 heterocycles. The van der Waals surface area contributed by atoms with Crippen LogP contribution in [0.15, 0.2) is 23.8 Å². The Hall–Kier alpha value is -1.25. The number of hydrogen-bond acceptors (Lipinski definition) is 2. The van der Waals surface area contributed by atoms with E-state index >= 15 is 0 Å². The van der Waals surface area contributed by atoms with Gasteiger partial charge in [0.2, 0.25) is 0 Å². The predicted octanol–water partition coefficient (Wildman–Crippen LogP) is 3.77. The van der Waals surface area contributed by atoms with Gasteiger partial charge in [-0.15, -0.1) is 0 Å². The van der Waals surface area contributed by atoms with Crippen molar-refractivity contribution in [2.24, 2.45) is 5.92 Å². The SMILES string of the molecule is C=C(C)[C@@H]1CC=C(C)[C@H](OC(=O)N(CC)CC)C1. The first-order valence-corrected chi connectivity index (χ1v) is 6.77. The molecule has 1 aliphatic carbocycles. The first-order valence-electron chi connectivity index (χ1n) is 6.77. The molecule has 3 heteroatoms. The molecule has 2 atom stereocenters. The van der Waals surface area contributed by atoms with Crippen molar-refractivity contribution in [3.8, 4) is 0 Å². The molecule has 0 N–H and O–H groups in total. The molecule has 0 spiro atoms. The van der Waals surface area contributed by atoms with E-state index in [2.05, 4.69) is 12.7 Å². The van der Waals surface area contributed by atoms with Gasteiger partial charge in [-0.25, -0.2) is 4.79 Å². The number of nitrogens with zero attached hydrogens (tertiary/aromatic N) is 1. The van der Waals surface area contributed by atoms with E-state index in [1.54, 1.807) is 4.90 Å². The second kappa shape index (κ2) is 6.62. The van der Waals surface area contributed by atoms with Gasteiger partial charge in [0, 0.05) is 13.1 Å². The van der Waals surface area contributed by atoms with Crippen LogP contribution in [0.3, 0.4) is 0 Å². The van der Waals surface area contributed by atoms with Crippen LogP contribution in [-0.4, -0.2) is 30.2 Å². The summed E-state index contributed by atoms with van der Waals surface area (Å²) < 4.78 is 5.61. The number of ether oxygens (including phenoxy) is 1. The average molecular weight is 251 g/mol. The number of amides is 1. The lowest BCUT2D eigenvalue weighted by Gasteiger charge is -2.30. The summed E-state index contributed by atoms with van der Waals surface area (Å²) in [7, 11) is 0. The summed E-state index contributed by atoms with van der Waals surface area (Å²) in [6, 6.07) is 0. The number of rotatable bonds is 4. The van der Waals surface area contributed by atoms with Gasteiger partial charge >= 0.3 is 6.09 Å². The van der Waals surface area contributed by atoms with E-state index in [-0.39, 0.29) is 12.2 Å². The minimum absolute atomic E-state index is 0.0893. The van der Waals surface area contributed by atoms with Crippen molar-refractivity contribution in [1.82, 2.24) is 4.90 Å². The highest BCUT2D eigenvalue weighted by Crippen LogP contribution is 2.30. The Labute approximate surface area is 110 Å². The summed E-state index contributed by atoms with van der Waals surface area (Å²) in [5.74, 6) is 0.434. The Morgan fingerprint density at radius 3 is 2.61 bits per heavy atom. The summed E-state index contributed by atoms with van der Waals surface area (Å²) in [5, 5.41) is 0. The van der Waals surface area contributed by atoms with Crippen LogP contribution in [0.4, 0.5) is 4.79 Å². The predicted molar refractivity (Wildman–Crippen MR) is 74.5 cm³/mol. The average Bonchev–Trinajstić information content (AvgIpc) is 2.33. The molecule has 18 heavy (non-hydrogen) atoms. The van der Waals surface area contributed by atoms with Crippen molar-refractivity contribution in [1.29, 1.82) is 0 Å². The summed E-state index contributed by atoms with van der Waals surface area (Å²) in [5.41, 5.74) is 2.33. The number of allylic oxidation sites excluding steroid dienone is 2. The summed E-state index contributed by atoms with van der Waals surface area (Å²) in [4.78, 5) is 13.7. The van der Waals surface area contributed by atoms with Crippen molar-refractivity contribution in [3.63, 3.8) is 0 Å². The van der Waals surface area contributed by atoms with Crippen molar-refractivity contribution < 1.29 is 9.53 Å². The van der Waals surface area contributed by atoms with E-state index in [4.69, 9.17) is 4.74 Å². The molecule has 0 aromatic carbocycles. The van der Waals surface area contributed by atoms with Crippen LogP contribution in [0.1, 0.15) is 40.5 Å². The smallest absolute Gasteiger partial charge is 0.410 e. The van der Waals surface area contributed by atoms with Crippen LogP contribution in [0.25, 0.3) is 0 Å². The zero-order valence-electron chi connectivity index (χ0n) is 12.0. The van der Waals surface area contributed by atoms with Gasteiger partial charge in [0.15, 0.2) is 0 Å². The fourth-order valence-corrected chi connectivity index (χ4v) is 2.22. The van der Waals surface area contributed by atoms with Crippen molar-refractivity contribution in [3.05, 3.63) is 23.8 Å². The fraction of sp³-hybridized carbons (Fsp3) is 0.667. The maximum Gasteiger partial charge on any atom is 0.410 e. The summed E-state index contributed by atoms with van der Waals surface area (Å²) in [6.07, 6.45) is 3.75. The highest BCUT2D eigenvalue weighted by atomic mass is 16.6. The lowest BCUT2D eigenvalue weighted by molar-refractivity contribution is 0.0682. The van der Waals surface area contributed by atoms with Crippen molar-refractivity contribution >= 4 is 6.09 Å². The zero-order chi connectivity index (χ0) is 13.7. The second-order valence-electron chi connectivity index (χ2n) is 5.01. The van der Waals surface area contributed by atoms with E-state index in [0.717, 1.165) is 18.4 Å². The van der Waals surface area contributed by atoms with Crippen LogP contribution in [0, 0.1) is 5.92 Å². The Balaban J connectivity index is 2.65. The summed E-state index contributed by atoms with van der Waals surface area (Å²) >= 11 is 0. The topological polar surface area (TPSA) is 29.5 Å². The number of carbonyl (C=O) groups excluding carboxylic acids is 1. The molecule has 0 radical (unpaired) electrons. The van der Waals surface area contributed by atoms with E-state index in [0.29, 0.717) is 19.0 Å². The first kappa shape index (κ1) is 14.8. The fourth-order valence-electron chi connectivity index (χ4n) is 2.22. The molecule has 0 unspecified atom stereocenters. The lowest BCUT2D eigenvalue weighted by atomic mass is 9.84. The van der Waals surface area contributed by atoms with Crippen LogP contribution in [0.2, 0.25) is 0 Å². The molecule has 3 nitrogen and oxygen atoms in total. The Morgan fingerprint density at radius 2 is 2.11 bits per heavy atom. The first-order chi connectivity index (χ1) is 8.49. The molecule has 0 aromatic rings. The van der Waals surface area contributed by atoms with Crippen LogP contribution in [-0.2, 0) is 4.74 Å². The molecule has 0 saturated carbocycles. The maximum atomic E-state index is 11.9. The van der Waals surface area contributed by atoms with Gasteiger partial charge in [-0.1, -0.05) is 18.2 Å². The van der Waals surface area contributed by atoms with Crippen molar-refractivity contribution in [2.75, 3.05) is 13.1 Å². The summed E-state index contributed by atoms with van der Waals surface area (Å²) in [6.45, 7) is 13.4. The quantitative estimate of drug-likeness (QED) is 0.712. The zero-order valence-corrected chi connectivity index (χ0v) is 12.0. The Morgan fingerprint density at radius 1 is 1.50 bits per heavy atom. The van der Waals surface area contributed by atoms with E-state index in [9.17, 15) is 4.79 Å². The van der Waals surface area contributed by atoms with Gasteiger partial charge < -0.3 is 9.64 Å². The molecule has 0 bridgehead atoms. The number of hydrogen-bond donors (Lipinski definition) is 0. The lowest BCUT2D eigenvalue weighted by Crippen LogP contribution is -2.36. The molecular weight excluding hydrogens is 226 g/mol. The third-order valence-electron chi connectivity index (χ3n) is 3.69. The highest BCUT2D eigenvalue weighted by Gasteiger charge is 2.26. The largest absolute Gasteiger partial charge is 0.442 e. The molecule has 1 aliphatic rings. The van der Waals surface area contributed by atoms with Gasteiger partial charge in [0.05, 0.1) is 0 Å². The van der Waals surface area contributed by atoms with Gasteiger partial charge in [-0.2, -0.15) is 0 Å². The third kappa shape index (κ3) is 3.62. The van der Waals surface area contributed by atoms with Gasteiger partial charge in [0.1, 0.15) is 6.10 Å². The minimum atomic E-state index is -0.208. The van der Waals surface area contributed by atoms with Gasteiger partial charge in [-0.05, 0) is 52.0 Å². The molecule has 1 amide bonds.